The second-order valence-electron chi connectivity index (χ2n) is 3.39. The number of allylic oxidation sites excluding steroid dienone is 1. The zero-order valence-electron chi connectivity index (χ0n) is 8.79. The first-order chi connectivity index (χ1) is 8.75. The van der Waals surface area contributed by atoms with Gasteiger partial charge in [-0.25, -0.2) is 4.99 Å². The molecule has 90 valence electrons. The Morgan fingerprint density at radius 2 is 1.94 bits per heavy atom. The van der Waals surface area contributed by atoms with Gasteiger partial charge in [0.1, 0.15) is 10.7 Å². The summed E-state index contributed by atoms with van der Waals surface area (Å²) in [5.74, 6) is 0. The summed E-state index contributed by atoms with van der Waals surface area (Å²) in [7, 11) is 2.63. The standard InChI is InChI=1S/C11H5ClN2OS3/c12-9-8(17-18-14-9)7-11(15)16-10(13-7)6-4-2-1-3-5-6/h1-5H/b8-7+. The molecule has 0 unspecified atom stereocenters. The van der Waals surface area contributed by atoms with E-state index in [2.05, 4.69) is 9.39 Å². The van der Waals surface area contributed by atoms with Crippen molar-refractivity contribution in [2.75, 3.05) is 0 Å². The van der Waals surface area contributed by atoms with E-state index in [-0.39, 0.29) is 5.12 Å². The summed E-state index contributed by atoms with van der Waals surface area (Å²) in [5, 5.41) is 0.990. The maximum atomic E-state index is 11.9. The highest BCUT2D eigenvalue weighted by Gasteiger charge is 2.30. The molecule has 1 aromatic carbocycles. The Labute approximate surface area is 121 Å². The van der Waals surface area contributed by atoms with E-state index < -0.39 is 0 Å². The zero-order valence-corrected chi connectivity index (χ0v) is 12.0. The molecule has 2 aliphatic heterocycles. The van der Waals surface area contributed by atoms with Crippen molar-refractivity contribution < 1.29 is 4.79 Å². The number of thioether (sulfide) groups is 1. The number of hydrogen-bond donors (Lipinski definition) is 0. The SMILES string of the molecule is O=C1SC(c2ccccc2)=N/C1=C1/SSN=C1Cl. The van der Waals surface area contributed by atoms with Gasteiger partial charge in [0.2, 0.25) is 5.12 Å². The van der Waals surface area contributed by atoms with Crippen LogP contribution in [0.15, 0.2) is 50.3 Å². The van der Waals surface area contributed by atoms with Crippen molar-refractivity contribution in [1.82, 2.24) is 0 Å². The molecule has 1 aromatic rings. The topological polar surface area (TPSA) is 41.8 Å². The lowest BCUT2D eigenvalue weighted by molar-refractivity contribution is -0.107. The summed E-state index contributed by atoms with van der Waals surface area (Å²) < 4.78 is 3.97. The first-order valence-electron chi connectivity index (χ1n) is 4.94. The van der Waals surface area contributed by atoms with Gasteiger partial charge in [-0.15, -0.1) is 0 Å². The minimum atomic E-state index is -0.0767. The summed E-state index contributed by atoms with van der Waals surface area (Å²) in [6.07, 6.45) is 0. The fourth-order valence-electron chi connectivity index (χ4n) is 1.46. The summed E-state index contributed by atoms with van der Waals surface area (Å²) in [6, 6.07) is 9.63. The van der Waals surface area contributed by atoms with Crippen molar-refractivity contribution >= 4 is 60.5 Å². The molecule has 0 bridgehead atoms. The van der Waals surface area contributed by atoms with Crippen LogP contribution in [0.2, 0.25) is 0 Å². The molecule has 0 radical (unpaired) electrons. The zero-order chi connectivity index (χ0) is 12.5. The third-order valence-electron chi connectivity index (χ3n) is 2.26. The lowest BCUT2D eigenvalue weighted by atomic mass is 10.2. The monoisotopic (exact) mass is 312 g/mol. The molecule has 3 rings (SSSR count). The molecule has 3 nitrogen and oxygen atoms in total. The number of halogens is 1. The molecule has 2 aliphatic rings. The van der Waals surface area contributed by atoms with Crippen molar-refractivity contribution in [3.63, 3.8) is 0 Å². The number of carbonyl (C=O) groups is 1. The van der Waals surface area contributed by atoms with Crippen molar-refractivity contribution in [2.24, 2.45) is 9.39 Å². The minimum Gasteiger partial charge on any atom is -0.279 e. The first-order valence-corrected chi connectivity index (χ1v) is 8.24. The Balaban J connectivity index is 2.02. The molecular weight excluding hydrogens is 308 g/mol. The normalized spacial score (nSPS) is 23.3. The Morgan fingerprint density at radius 1 is 1.17 bits per heavy atom. The van der Waals surface area contributed by atoms with Gasteiger partial charge in [0.15, 0.2) is 5.17 Å². The molecule has 0 aromatic heterocycles. The first kappa shape index (κ1) is 12.3. The van der Waals surface area contributed by atoms with E-state index in [0.29, 0.717) is 20.8 Å². The van der Waals surface area contributed by atoms with Crippen LogP contribution in [0.5, 0.6) is 0 Å². The van der Waals surface area contributed by atoms with E-state index in [1.54, 1.807) is 0 Å². The van der Waals surface area contributed by atoms with Crippen molar-refractivity contribution in [3.8, 4) is 0 Å². The van der Waals surface area contributed by atoms with Crippen LogP contribution in [0.3, 0.4) is 0 Å². The summed E-state index contributed by atoms with van der Waals surface area (Å²) in [5.41, 5.74) is 1.35. The van der Waals surface area contributed by atoms with Crippen molar-refractivity contribution in [1.29, 1.82) is 0 Å². The Kier molecular flexibility index (Phi) is 3.52. The number of carbonyl (C=O) groups excluding carboxylic acids is 1. The lowest BCUT2D eigenvalue weighted by Crippen LogP contribution is -1.95. The minimum absolute atomic E-state index is 0.0767. The van der Waals surface area contributed by atoms with Crippen molar-refractivity contribution in [3.05, 3.63) is 46.5 Å². The highest BCUT2D eigenvalue weighted by Crippen LogP contribution is 2.45. The van der Waals surface area contributed by atoms with Crippen LogP contribution in [-0.4, -0.2) is 15.3 Å². The molecule has 0 saturated heterocycles. The van der Waals surface area contributed by atoms with Crippen molar-refractivity contribution in [2.45, 2.75) is 0 Å². The van der Waals surface area contributed by atoms with Crippen LogP contribution >= 0.6 is 45.1 Å². The second kappa shape index (κ2) is 5.13. The fourth-order valence-corrected chi connectivity index (χ4v) is 4.59. The number of rotatable bonds is 1. The Hall–Kier alpha value is -0.690. The van der Waals surface area contributed by atoms with Crippen LogP contribution in [-0.2, 0) is 4.79 Å². The van der Waals surface area contributed by atoms with E-state index in [9.17, 15) is 4.79 Å². The molecule has 0 N–H and O–H groups in total. The van der Waals surface area contributed by atoms with E-state index in [1.165, 1.54) is 21.8 Å². The van der Waals surface area contributed by atoms with Crippen LogP contribution in [0.4, 0.5) is 0 Å². The van der Waals surface area contributed by atoms with Gasteiger partial charge >= 0.3 is 0 Å². The van der Waals surface area contributed by atoms with Crippen LogP contribution < -0.4 is 0 Å². The number of benzene rings is 1. The molecule has 2 heterocycles. The van der Waals surface area contributed by atoms with Gasteiger partial charge in [-0.05, 0) is 22.6 Å². The molecule has 0 spiro atoms. The van der Waals surface area contributed by atoms with Gasteiger partial charge in [-0.3, -0.25) is 4.79 Å². The van der Waals surface area contributed by atoms with Crippen LogP contribution in [0.25, 0.3) is 0 Å². The Bertz CT molecular complexity index is 610. The molecular formula is C11H5ClN2OS3. The summed E-state index contributed by atoms with van der Waals surface area (Å²) in [6.45, 7) is 0. The lowest BCUT2D eigenvalue weighted by Gasteiger charge is -1.95. The third-order valence-corrected chi connectivity index (χ3v) is 5.47. The number of hydrogen-bond acceptors (Lipinski definition) is 6. The maximum Gasteiger partial charge on any atom is 0.245 e. The molecule has 7 heteroatoms. The number of aliphatic imine (C=N–C) groups is 1. The van der Waals surface area contributed by atoms with E-state index >= 15 is 0 Å². The highest BCUT2D eigenvalue weighted by molar-refractivity contribution is 8.78. The van der Waals surface area contributed by atoms with E-state index in [0.717, 1.165) is 17.3 Å². The predicted molar refractivity (Wildman–Crippen MR) is 81.1 cm³/mol. The van der Waals surface area contributed by atoms with E-state index in [4.69, 9.17) is 11.6 Å². The highest BCUT2D eigenvalue weighted by atomic mass is 35.5. The average molecular weight is 313 g/mol. The molecule has 0 amide bonds. The van der Waals surface area contributed by atoms with Crippen LogP contribution in [0, 0.1) is 0 Å². The second-order valence-corrected chi connectivity index (χ2v) is 6.56. The quantitative estimate of drug-likeness (QED) is 0.448. The molecule has 0 saturated carbocycles. The Morgan fingerprint density at radius 3 is 2.61 bits per heavy atom. The van der Waals surface area contributed by atoms with Crippen LogP contribution in [0.1, 0.15) is 5.56 Å². The maximum absolute atomic E-state index is 11.9. The average Bonchev–Trinajstić information content (AvgIpc) is 2.96. The van der Waals surface area contributed by atoms with Gasteiger partial charge in [0, 0.05) is 5.56 Å². The molecule has 0 atom stereocenters. The smallest absolute Gasteiger partial charge is 0.245 e. The van der Waals surface area contributed by atoms with Gasteiger partial charge in [0.05, 0.1) is 15.9 Å². The molecule has 0 aliphatic carbocycles. The van der Waals surface area contributed by atoms with Gasteiger partial charge in [0.25, 0.3) is 0 Å². The molecule has 18 heavy (non-hydrogen) atoms. The third kappa shape index (κ3) is 2.25. The van der Waals surface area contributed by atoms with Gasteiger partial charge < -0.3 is 0 Å². The van der Waals surface area contributed by atoms with Gasteiger partial charge in [-0.2, -0.15) is 4.40 Å². The molecule has 0 fully saturated rings. The van der Waals surface area contributed by atoms with Gasteiger partial charge in [-0.1, -0.05) is 41.9 Å². The summed E-state index contributed by atoms with van der Waals surface area (Å²) in [4.78, 5) is 17.0. The van der Waals surface area contributed by atoms with E-state index in [1.807, 2.05) is 30.3 Å². The predicted octanol–water partition coefficient (Wildman–Crippen LogP) is 3.87. The number of nitrogens with zero attached hydrogens (tertiary/aromatic N) is 2. The largest absolute Gasteiger partial charge is 0.279 e. The summed E-state index contributed by atoms with van der Waals surface area (Å²) >= 11 is 7.07. The fraction of sp³-hybridized carbons (Fsp3) is 0.